The average molecular weight is 449 g/mol. The maximum atomic E-state index is 5.37. The van der Waals surface area contributed by atoms with Crippen LogP contribution in [0.5, 0.6) is 0 Å². The van der Waals surface area contributed by atoms with Crippen LogP contribution in [0.1, 0.15) is 19.8 Å². The molecule has 0 radical (unpaired) electrons. The summed E-state index contributed by atoms with van der Waals surface area (Å²) in [5.41, 5.74) is 0. The van der Waals surface area contributed by atoms with Gasteiger partial charge in [-0.3, -0.25) is 9.89 Å². The first-order valence-electron chi connectivity index (χ1n) is 8.81. The van der Waals surface area contributed by atoms with Crippen molar-refractivity contribution in [2.75, 3.05) is 52.5 Å². The Kier molecular flexibility index (Phi) is 11.9. The molecule has 1 aliphatic rings. The van der Waals surface area contributed by atoms with Crippen LogP contribution in [-0.4, -0.2) is 67.9 Å². The Bertz CT molecular complexity index is 432. The summed E-state index contributed by atoms with van der Waals surface area (Å²) in [6.07, 6.45) is 6.49. The SMILES string of the molecule is CCNC(=NCCCCN1CCOCC1)NCCn1cccc1.I. The summed E-state index contributed by atoms with van der Waals surface area (Å²) in [6.45, 7) is 10.8. The number of halogens is 1. The van der Waals surface area contributed by atoms with E-state index in [1.165, 1.54) is 6.42 Å². The highest BCUT2D eigenvalue weighted by atomic mass is 127. The summed E-state index contributed by atoms with van der Waals surface area (Å²) in [6, 6.07) is 4.10. The summed E-state index contributed by atoms with van der Waals surface area (Å²) in [4.78, 5) is 7.14. The molecule has 1 saturated heterocycles. The Hall–Kier alpha value is -0.800. The van der Waals surface area contributed by atoms with E-state index in [-0.39, 0.29) is 24.0 Å². The van der Waals surface area contributed by atoms with Crippen molar-refractivity contribution in [2.45, 2.75) is 26.3 Å². The molecule has 0 saturated carbocycles. The van der Waals surface area contributed by atoms with Crippen molar-refractivity contribution in [3.63, 3.8) is 0 Å². The largest absolute Gasteiger partial charge is 0.379 e. The van der Waals surface area contributed by atoms with Gasteiger partial charge in [-0.05, 0) is 38.4 Å². The number of aromatic nitrogens is 1. The monoisotopic (exact) mass is 449 g/mol. The number of aliphatic imine (C=N–C) groups is 1. The molecule has 1 aliphatic heterocycles. The van der Waals surface area contributed by atoms with Crippen LogP contribution in [0.2, 0.25) is 0 Å². The normalized spacial score (nSPS) is 15.8. The molecule has 0 spiro atoms. The van der Waals surface area contributed by atoms with Gasteiger partial charge in [-0.1, -0.05) is 0 Å². The highest BCUT2D eigenvalue weighted by Crippen LogP contribution is 2.00. The smallest absolute Gasteiger partial charge is 0.191 e. The lowest BCUT2D eigenvalue weighted by Crippen LogP contribution is -2.39. The van der Waals surface area contributed by atoms with Crippen molar-refractivity contribution in [1.29, 1.82) is 0 Å². The summed E-state index contributed by atoms with van der Waals surface area (Å²) < 4.78 is 7.53. The molecule has 1 aromatic rings. The van der Waals surface area contributed by atoms with Crippen molar-refractivity contribution in [3.05, 3.63) is 24.5 Å². The van der Waals surface area contributed by atoms with Gasteiger partial charge in [-0.25, -0.2) is 0 Å². The quantitative estimate of drug-likeness (QED) is 0.261. The lowest BCUT2D eigenvalue weighted by molar-refractivity contribution is 0.0373. The summed E-state index contributed by atoms with van der Waals surface area (Å²) in [5.74, 6) is 0.922. The first kappa shape index (κ1) is 21.2. The minimum atomic E-state index is 0. The van der Waals surface area contributed by atoms with Crippen molar-refractivity contribution in [1.82, 2.24) is 20.1 Å². The summed E-state index contributed by atoms with van der Waals surface area (Å²) >= 11 is 0. The molecule has 24 heavy (non-hydrogen) atoms. The lowest BCUT2D eigenvalue weighted by Gasteiger charge is -2.26. The van der Waals surface area contributed by atoms with Crippen molar-refractivity contribution < 1.29 is 4.74 Å². The van der Waals surface area contributed by atoms with E-state index < -0.39 is 0 Å². The van der Waals surface area contributed by atoms with Gasteiger partial charge in [-0.15, -0.1) is 24.0 Å². The molecule has 1 aromatic heterocycles. The van der Waals surface area contributed by atoms with Crippen molar-refractivity contribution >= 4 is 29.9 Å². The fourth-order valence-corrected chi connectivity index (χ4v) is 2.63. The van der Waals surface area contributed by atoms with Gasteiger partial charge in [-0.2, -0.15) is 0 Å². The average Bonchev–Trinajstić information content (AvgIpc) is 3.09. The van der Waals surface area contributed by atoms with E-state index in [2.05, 4.69) is 44.4 Å². The predicted octanol–water partition coefficient (Wildman–Crippen LogP) is 1.77. The molecule has 2 N–H and O–H groups in total. The minimum absolute atomic E-state index is 0. The van der Waals surface area contributed by atoms with E-state index in [9.17, 15) is 0 Å². The third-order valence-electron chi connectivity index (χ3n) is 3.93. The third kappa shape index (κ3) is 8.89. The maximum absolute atomic E-state index is 5.37. The highest BCUT2D eigenvalue weighted by Gasteiger charge is 2.08. The van der Waals surface area contributed by atoms with Gasteiger partial charge in [0.1, 0.15) is 0 Å². The van der Waals surface area contributed by atoms with Crippen LogP contribution >= 0.6 is 24.0 Å². The summed E-state index contributed by atoms with van der Waals surface area (Å²) in [5, 5.41) is 6.70. The zero-order valence-corrected chi connectivity index (χ0v) is 17.1. The van der Waals surface area contributed by atoms with Crippen LogP contribution in [-0.2, 0) is 11.3 Å². The molecule has 0 aromatic carbocycles. The van der Waals surface area contributed by atoms with Crippen LogP contribution in [0.4, 0.5) is 0 Å². The van der Waals surface area contributed by atoms with Crippen molar-refractivity contribution in [2.24, 2.45) is 4.99 Å². The van der Waals surface area contributed by atoms with Crippen LogP contribution in [0.15, 0.2) is 29.5 Å². The zero-order chi connectivity index (χ0) is 16.2. The Balaban J connectivity index is 0.00000288. The number of morpholine rings is 1. The molecule has 7 heteroatoms. The first-order valence-corrected chi connectivity index (χ1v) is 8.81. The molecule has 0 atom stereocenters. The van der Waals surface area contributed by atoms with E-state index in [4.69, 9.17) is 4.74 Å². The molecular formula is C17H32IN5O. The number of hydrogen-bond donors (Lipinski definition) is 2. The molecule has 0 aliphatic carbocycles. The zero-order valence-electron chi connectivity index (χ0n) is 14.7. The second-order valence-corrected chi connectivity index (χ2v) is 5.77. The lowest BCUT2D eigenvalue weighted by atomic mass is 10.3. The third-order valence-corrected chi connectivity index (χ3v) is 3.93. The van der Waals surface area contributed by atoms with Gasteiger partial charge in [0.15, 0.2) is 5.96 Å². The van der Waals surface area contributed by atoms with E-state index >= 15 is 0 Å². The molecule has 6 nitrogen and oxygen atoms in total. The topological polar surface area (TPSA) is 53.8 Å². The molecule has 2 heterocycles. The Labute approximate surface area is 163 Å². The molecule has 138 valence electrons. The standard InChI is InChI=1S/C17H31N5O.HI/c1-2-18-17(20-8-12-21-10-5-6-11-21)19-7-3-4-9-22-13-15-23-16-14-22;/h5-6,10-11H,2-4,7-9,12-16H2,1H3,(H2,18,19,20);1H. The van der Waals surface area contributed by atoms with E-state index in [1.54, 1.807) is 0 Å². The second-order valence-electron chi connectivity index (χ2n) is 5.77. The highest BCUT2D eigenvalue weighted by molar-refractivity contribution is 14.0. The number of rotatable bonds is 9. The first-order chi connectivity index (χ1) is 11.4. The summed E-state index contributed by atoms with van der Waals surface area (Å²) in [7, 11) is 0. The number of hydrogen-bond acceptors (Lipinski definition) is 3. The predicted molar refractivity (Wildman–Crippen MR) is 110 cm³/mol. The molecule has 2 rings (SSSR count). The fourth-order valence-electron chi connectivity index (χ4n) is 2.63. The van der Waals surface area contributed by atoms with Gasteiger partial charge < -0.3 is 19.9 Å². The fraction of sp³-hybridized carbons (Fsp3) is 0.706. The number of ether oxygens (including phenoxy) is 1. The van der Waals surface area contributed by atoms with Crippen LogP contribution < -0.4 is 10.6 Å². The molecule has 1 fully saturated rings. The Morgan fingerprint density at radius 3 is 2.54 bits per heavy atom. The van der Waals surface area contributed by atoms with Crippen LogP contribution in [0.3, 0.4) is 0 Å². The number of guanidine groups is 1. The number of nitrogens with zero attached hydrogens (tertiary/aromatic N) is 3. The number of nitrogens with one attached hydrogen (secondary N) is 2. The minimum Gasteiger partial charge on any atom is -0.379 e. The van der Waals surface area contributed by atoms with Gasteiger partial charge in [0.05, 0.1) is 13.2 Å². The van der Waals surface area contributed by atoms with Gasteiger partial charge in [0.25, 0.3) is 0 Å². The van der Waals surface area contributed by atoms with Gasteiger partial charge >= 0.3 is 0 Å². The number of unbranched alkanes of at least 4 members (excludes halogenated alkanes) is 1. The van der Waals surface area contributed by atoms with Gasteiger partial charge in [0.2, 0.25) is 0 Å². The molecule has 0 amide bonds. The molecule has 0 bridgehead atoms. The van der Waals surface area contributed by atoms with Crippen molar-refractivity contribution in [3.8, 4) is 0 Å². The molecular weight excluding hydrogens is 417 g/mol. The van der Waals surface area contributed by atoms with E-state index in [1.807, 2.05) is 12.1 Å². The van der Waals surface area contributed by atoms with Crippen LogP contribution in [0.25, 0.3) is 0 Å². The van der Waals surface area contributed by atoms with Gasteiger partial charge in [0, 0.05) is 51.7 Å². The maximum Gasteiger partial charge on any atom is 0.191 e. The molecule has 0 unspecified atom stereocenters. The second kappa shape index (κ2) is 13.5. The van der Waals surface area contributed by atoms with Crippen LogP contribution in [0, 0.1) is 0 Å². The van der Waals surface area contributed by atoms with E-state index in [0.717, 1.165) is 71.4 Å². The Morgan fingerprint density at radius 2 is 1.83 bits per heavy atom. The Morgan fingerprint density at radius 1 is 1.08 bits per heavy atom. The van der Waals surface area contributed by atoms with E-state index in [0.29, 0.717) is 0 Å².